The molecular formula is C13H21N3O2. The number of ether oxygens (including phenoxy) is 1. The Kier molecular flexibility index (Phi) is 5.58. The first-order valence-electron chi connectivity index (χ1n) is 6.05. The summed E-state index contributed by atoms with van der Waals surface area (Å²) in [7, 11) is 1.57. The molecule has 0 radical (unpaired) electrons. The number of nitrogens with two attached hydrogens (primary N) is 1. The van der Waals surface area contributed by atoms with Gasteiger partial charge in [0.1, 0.15) is 0 Å². The summed E-state index contributed by atoms with van der Waals surface area (Å²) < 4.78 is 4.97. The van der Waals surface area contributed by atoms with Crippen LogP contribution in [0.4, 0.5) is 0 Å². The number of hydrogen-bond acceptors (Lipinski definition) is 4. The predicted octanol–water partition coefficient (Wildman–Crippen LogP) is 0.937. The first-order chi connectivity index (χ1) is 8.58. The number of hydrogen-bond donors (Lipinski definition) is 2. The molecule has 1 aromatic heterocycles. The summed E-state index contributed by atoms with van der Waals surface area (Å²) in [4.78, 5) is 16.0. The van der Waals surface area contributed by atoms with Crippen LogP contribution in [0.3, 0.4) is 0 Å². The normalized spacial score (nSPS) is 12.3. The maximum absolute atomic E-state index is 11.9. The van der Waals surface area contributed by atoms with Gasteiger partial charge in [0.25, 0.3) is 0 Å². The third-order valence-electron chi connectivity index (χ3n) is 2.87. The average molecular weight is 251 g/mol. The van der Waals surface area contributed by atoms with Gasteiger partial charge in [0.05, 0.1) is 13.0 Å². The second kappa shape index (κ2) is 6.96. The van der Waals surface area contributed by atoms with E-state index in [1.165, 1.54) is 0 Å². The van der Waals surface area contributed by atoms with Crippen LogP contribution in [-0.2, 0) is 11.3 Å². The van der Waals surface area contributed by atoms with Crippen LogP contribution in [0, 0.1) is 11.8 Å². The van der Waals surface area contributed by atoms with Gasteiger partial charge in [-0.2, -0.15) is 0 Å². The van der Waals surface area contributed by atoms with E-state index in [4.69, 9.17) is 10.5 Å². The number of pyridine rings is 1. The molecule has 1 heterocycles. The van der Waals surface area contributed by atoms with Crippen molar-refractivity contribution in [2.24, 2.45) is 17.6 Å². The van der Waals surface area contributed by atoms with Gasteiger partial charge in [-0.05, 0) is 11.5 Å². The molecule has 100 valence electrons. The predicted molar refractivity (Wildman–Crippen MR) is 70.0 cm³/mol. The molecule has 0 bridgehead atoms. The van der Waals surface area contributed by atoms with Crippen molar-refractivity contribution in [3.8, 4) is 5.88 Å². The van der Waals surface area contributed by atoms with Gasteiger partial charge < -0.3 is 15.8 Å². The molecule has 1 rings (SSSR count). The molecule has 5 nitrogen and oxygen atoms in total. The monoisotopic (exact) mass is 251 g/mol. The maximum atomic E-state index is 11.9. The van der Waals surface area contributed by atoms with Gasteiger partial charge in [-0.3, -0.25) is 4.79 Å². The molecule has 1 aromatic rings. The third-order valence-corrected chi connectivity index (χ3v) is 2.87. The number of nitrogens with one attached hydrogen (secondary N) is 1. The second-order valence-electron chi connectivity index (χ2n) is 4.51. The molecule has 18 heavy (non-hydrogen) atoms. The standard InChI is InChI=1S/C13H21N3O2/c1-9(2)11(6-14)13(17)16-8-10-4-5-12(18-3)15-7-10/h4-5,7,9,11H,6,8,14H2,1-3H3,(H,16,17). The lowest BCUT2D eigenvalue weighted by Crippen LogP contribution is -2.37. The maximum Gasteiger partial charge on any atom is 0.224 e. The number of amides is 1. The fourth-order valence-corrected chi connectivity index (χ4v) is 1.64. The Hall–Kier alpha value is -1.62. The molecule has 0 aliphatic carbocycles. The molecule has 0 spiro atoms. The van der Waals surface area contributed by atoms with Crippen LogP contribution in [0.5, 0.6) is 5.88 Å². The van der Waals surface area contributed by atoms with Gasteiger partial charge in [0.15, 0.2) is 0 Å². The van der Waals surface area contributed by atoms with E-state index in [0.717, 1.165) is 5.56 Å². The fourth-order valence-electron chi connectivity index (χ4n) is 1.64. The fraction of sp³-hybridized carbons (Fsp3) is 0.538. The van der Waals surface area contributed by atoms with E-state index in [1.807, 2.05) is 19.9 Å². The number of methoxy groups -OCH3 is 1. The van der Waals surface area contributed by atoms with Gasteiger partial charge >= 0.3 is 0 Å². The zero-order valence-corrected chi connectivity index (χ0v) is 11.1. The van der Waals surface area contributed by atoms with Crippen LogP contribution in [0.2, 0.25) is 0 Å². The zero-order valence-electron chi connectivity index (χ0n) is 11.1. The summed E-state index contributed by atoms with van der Waals surface area (Å²) in [5.41, 5.74) is 6.53. The second-order valence-corrected chi connectivity index (χ2v) is 4.51. The van der Waals surface area contributed by atoms with E-state index in [9.17, 15) is 4.79 Å². The average Bonchev–Trinajstić information content (AvgIpc) is 2.37. The molecule has 0 aliphatic heterocycles. The first-order valence-corrected chi connectivity index (χ1v) is 6.05. The van der Waals surface area contributed by atoms with Crippen LogP contribution in [0.15, 0.2) is 18.3 Å². The topological polar surface area (TPSA) is 77.2 Å². The van der Waals surface area contributed by atoms with E-state index in [1.54, 1.807) is 19.4 Å². The number of carbonyl (C=O) groups excluding carboxylic acids is 1. The molecule has 0 saturated heterocycles. The minimum absolute atomic E-state index is 0.0108. The highest BCUT2D eigenvalue weighted by molar-refractivity contribution is 5.79. The minimum Gasteiger partial charge on any atom is -0.481 e. The summed E-state index contributed by atoms with van der Waals surface area (Å²) in [6.07, 6.45) is 1.69. The van der Waals surface area contributed by atoms with E-state index >= 15 is 0 Å². The third kappa shape index (κ3) is 4.00. The largest absolute Gasteiger partial charge is 0.481 e. The van der Waals surface area contributed by atoms with E-state index in [0.29, 0.717) is 19.0 Å². The van der Waals surface area contributed by atoms with Crippen molar-refractivity contribution >= 4 is 5.91 Å². The van der Waals surface area contributed by atoms with Gasteiger partial charge in [-0.15, -0.1) is 0 Å². The molecule has 5 heteroatoms. The lowest BCUT2D eigenvalue weighted by Gasteiger charge is -2.18. The highest BCUT2D eigenvalue weighted by atomic mass is 16.5. The van der Waals surface area contributed by atoms with E-state index < -0.39 is 0 Å². The Morgan fingerprint density at radius 2 is 2.22 bits per heavy atom. The number of rotatable bonds is 6. The molecule has 1 unspecified atom stereocenters. The Balaban J connectivity index is 2.51. The molecule has 1 atom stereocenters. The smallest absolute Gasteiger partial charge is 0.224 e. The quantitative estimate of drug-likeness (QED) is 0.788. The van der Waals surface area contributed by atoms with Gasteiger partial charge in [0.2, 0.25) is 11.8 Å². The zero-order chi connectivity index (χ0) is 13.5. The van der Waals surface area contributed by atoms with Crippen LogP contribution < -0.4 is 15.8 Å². The van der Waals surface area contributed by atoms with Gasteiger partial charge in [-0.25, -0.2) is 4.98 Å². The summed E-state index contributed by atoms with van der Waals surface area (Å²) >= 11 is 0. The van der Waals surface area contributed by atoms with Crippen molar-refractivity contribution in [1.82, 2.24) is 10.3 Å². The first kappa shape index (κ1) is 14.4. The molecule has 0 aliphatic rings. The molecule has 3 N–H and O–H groups in total. The summed E-state index contributed by atoms with van der Waals surface area (Å²) in [6, 6.07) is 3.64. The Labute approximate surface area is 108 Å². The van der Waals surface area contributed by atoms with Crippen LogP contribution in [0.1, 0.15) is 19.4 Å². The van der Waals surface area contributed by atoms with Crippen molar-refractivity contribution in [1.29, 1.82) is 0 Å². The van der Waals surface area contributed by atoms with Crippen LogP contribution in [0.25, 0.3) is 0 Å². The van der Waals surface area contributed by atoms with Crippen molar-refractivity contribution in [2.45, 2.75) is 20.4 Å². The van der Waals surface area contributed by atoms with Gasteiger partial charge in [-0.1, -0.05) is 19.9 Å². The molecule has 0 fully saturated rings. The Morgan fingerprint density at radius 1 is 1.50 bits per heavy atom. The summed E-state index contributed by atoms with van der Waals surface area (Å²) in [6.45, 7) is 4.81. The molecule has 0 saturated carbocycles. The highest BCUT2D eigenvalue weighted by Gasteiger charge is 2.19. The van der Waals surface area contributed by atoms with Gasteiger partial charge in [0, 0.05) is 25.4 Å². The number of nitrogens with zero attached hydrogens (tertiary/aromatic N) is 1. The van der Waals surface area contributed by atoms with Crippen molar-refractivity contribution in [3.63, 3.8) is 0 Å². The Bertz CT molecular complexity index is 376. The van der Waals surface area contributed by atoms with E-state index in [2.05, 4.69) is 10.3 Å². The minimum atomic E-state index is -0.142. The highest BCUT2D eigenvalue weighted by Crippen LogP contribution is 2.10. The van der Waals surface area contributed by atoms with Crippen molar-refractivity contribution in [3.05, 3.63) is 23.9 Å². The van der Waals surface area contributed by atoms with Crippen molar-refractivity contribution in [2.75, 3.05) is 13.7 Å². The summed E-state index contributed by atoms with van der Waals surface area (Å²) in [5.74, 6) is 0.649. The summed E-state index contributed by atoms with van der Waals surface area (Å²) in [5, 5.41) is 2.87. The SMILES string of the molecule is COc1ccc(CNC(=O)C(CN)C(C)C)cn1. The lowest BCUT2D eigenvalue weighted by molar-refractivity contribution is -0.126. The van der Waals surface area contributed by atoms with Crippen LogP contribution in [-0.4, -0.2) is 24.5 Å². The van der Waals surface area contributed by atoms with E-state index in [-0.39, 0.29) is 17.7 Å². The molecular weight excluding hydrogens is 230 g/mol. The molecule has 0 aromatic carbocycles. The number of aromatic nitrogens is 1. The molecule has 1 amide bonds. The Morgan fingerprint density at radius 3 is 2.67 bits per heavy atom. The number of carbonyl (C=O) groups is 1. The lowest BCUT2D eigenvalue weighted by atomic mass is 9.95. The van der Waals surface area contributed by atoms with Crippen LogP contribution >= 0.6 is 0 Å². The van der Waals surface area contributed by atoms with Crippen molar-refractivity contribution < 1.29 is 9.53 Å².